The maximum absolute atomic E-state index is 12.6. The van der Waals surface area contributed by atoms with E-state index in [2.05, 4.69) is 15.9 Å². The monoisotopic (exact) mass is 368 g/mol. The number of sulfonamides is 1. The molecule has 0 amide bonds. The molecule has 0 aromatic heterocycles. The van der Waals surface area contributed by atoms with Gasteiger partial charge in [0, 0.05) is 24.6 Å². The number of hydrogen-bond acceptors (Lipinski definition) is 3. The van der Waals surface area contributed by atoms with Gasteiger partial charge in [0.1, 0.15) is 0 Å². The average Bonchev–Trinajstić information content (AvgIpc) is 2.47. The van der Waals surface area contributed by atoms with Gasteiger partial charge in [0.25, 0.3) is 0 Å². The lowest BCUT2D eigenvalue weighted by molar-refractivity contribution is 0.466. The first-order chi connectivity index (χ1) is 9.93. The summed E-state index contributed by atoms with van der Waals surface area (Å²) in [7, 11) is -1.95. The molecule has 0 aliphatic heterocycles. The molecule has 0 aliphatic carbocycles. The van der Waals surface area contributed by atoms with Crippen LogP contribution in [0.5, 0.6) is 0 Å². The van der Waals surface area contributed by atoms with Crippen molar-refractivity contribution in [2.75, 3.05) is 7.05 Å². The van der Waals surface area contributed by atoms with Crippen molar-refractivity contribution in [2.24, 2.45) is 5.73 Å². The summed E-state index contributed by atoms with van der Waals surface area (Å²) >= 11 is 3.38. The first kappa shape index (κ1) is 16.2. The third-order valence-electron chi connectivity index (χ3n) is 3.14. The van der Waals surface area contributed by atoms with Crippen LogP contribution in [0.25, 0.3) is 0 Å². The first-order valence-electron chi connectivity index (χ1n) is 6.43. The zero-order chi connectivity index (χ0) is 15.5. The Balaban J connectivity index is 2.26. The van der Waals surface area contributed by atoms with Crippen LogP contribution in [0, 0.1) is 0 Å². The maximum atomic E-state index is 12.6. The zero-order valence-corrected chi connectivity index (χ0v) is 14.1. The molecule has 0 bridgehead atoms. The van der Waals surface area contributed by atoms with Crippen molar-refractivity contribution in [1.29, 1.82) is 0 Å². The third kappa shape index (κ3) is 3.91. The van der Waals surface area contributed by atoms with Gasteiger partial charge in [-0.2, -0.15) is 4.31 Å². The Morgan fingerprint density at radius 3 is 2.43 bits per heavy atom. The smallest absolute Gasteiger partial charge is 0.243 e. The molecule has 0 saturated carbocycles. The van der Waals surface area contributed by atoms with Gasteiger partial charge in [-0.25, -0.2) is 8.42 Å². The van der Waals surface area contributed by atoms with Crippen LogP contribution in [0.15, 0.2) is 57.9 Å². The van der Waals surface area contributed by atoms with Gasteiger partial charge in [0.05, 0.1) is 4.90 Å². The van der Waals surface area contributed by atoms with E-state index in [1.54, 1.807) is 25.2 Å². The highest BCUT2D eigenvalue weighted by Crippen LogP contribution is 2.19. The van der Waals surface area contributed by atoms with Gasteiger partial charge in [-0.15, -0.1) is 0 Å². The second-order valence-electron chi connectivity index (χ2n) is 4.74. The van der Waals surface area contributed by atoms with Gasteiger partial charge in [0.2, 0.25) is 10.0 Å². The first-order valence-corrected chi connectivity index (χ1v) is 8.66. The molecular formula is C15H17BrN2O2S. The molecule has 21 heavy (non-hydrogen) atoms. The lowest BCUT2D eigenvalue weighted by Crippen LogP contribution is -2.26. The van der Waals surface area contributed by atoms with Gasteiger partial charge in [-0.3, -0.25) is 0 Å². The summed E-state index contributed by atoms with van der Waals surface area (Å²) in [6.07, 6.45) is 0. The standard InChI is InChI=1S/C15H17BrN2O2S/c1-18(11-13-5-2-6-14(16)8-13)21(19,20)15-7-3-4-12(9-15)10-17/h2-9H,10-11,17H2,1H3. The summed E-state index contributed by atoms with van der Waals surface area (Å²) in [5, 5.41) is 0. The van der Waals surface area contributed by atoms with Gasteiger partial charge >= 0.3 is 0 Å². The highest BCUT2D eigenvalue weighted by molar-refractivity contribution is 9.10. The predicted octanol–water partition coefficient (Wildman–Crippen LogP) is 2.73. The molecular weight excluding hydrogens is 352 g/mol. The van der Waals surface area contributed by atoms with Crippen molar-refractivity contribution in [1.82, 2.24) is 4.31 Å². The minimum atomic E-state index is -3.52. The summed E-state index contributed by atoms with van der Waals surface area (Å²) in [5.41, 5.74) is 7.28. The Bertz CT molecular complexity index is 732. The van der Waals surface area contributed by atoms with Crippen LogP contribution in [-0.4, -0.2) is 19.8 Å². The van der Waals surface area contributed by atoms with Crippen LogP contribution < -0.4 is 5.73 Å². The van der Waals surface area contributed by atoms with Crippen LogP contribution in [0.2, 0.25) is 0 Å². The lowest BCUT2D eigenvalue weighted by Gasteiger charge is -2.18. The van der Waals surface area contributed by atoms with E-state index in [0.717, 1.165) is 15.6 Å². The molecule has 0 fully saturated rings. The number of rotatable bonds is 5. The quantitative estimate of drug-likeness (QED) is 0.882. The third-order valence-corrected chi connectivity index (χ3v) is 5.43. The number of nitrogens with two attached hydrogens (primary N) is 1. The average molecular weight is 369 g/mol. The highest BCUT2D eigenvalue weighted by Gasteiger charge is 2.21. The number of nitrogens with zero attached hydrogens (tertiary/aromatic N) is 1. The summed E-state index contributed by atoms with van der Waals surface area (Å²) in [6.45, 7) is 0.632. The SMILES string of the molecule is CN(Cc1cccc(Br)c1)S(=O)(=O)c1cccc(CN)c1. The molecule has 2 N–H and O–H groups in total. The van der Waals surface area contributed by atoms with Crippen molar-refractivity contribution in [3.8, 4) is 0 Å². The van der Waals surface area contributed by atoms with E-state index in [0.29, 0.717) is 13.1 Å². The van der Waals surface area contributed by atoms with Crippen molar-refractivity contribution in [2.45, 2.75) is 18.0 Å². The Morgan fingerprint density at radius 2 is 1.76 bits per heavy atom. The van der Waals surface area contributed by atoms with Gasteiger partial charge in [-0.1, -0.05) is 40.2 Å². The molecule has 2 aromatic carbocycles. The fraction of sp³-hybridized carbons (Fsp3) is 0.200. The van der Waals surface area contributed by atoms with Gasteiger partial charge in [-0.05, 0) is 35.4 Å². The van der Waals surface area contributed by atoms with E-state index in [-0.39, 0.29) is 4.90 Å². The summed E-state index contributed by atoms with van der Waals surface area (Å²) in [4.78, 5) is 0.267. The predicted molar refractivity (Wildman–Crippen MR) is 87.1 cm³/mol. The molecule has 0 spiro atoms. The molecule has 2 rings (SSSR count). The molecule has 6 heteroatoms. The van der Waals surface area contributed by atoms with Crippen LogP contribution in [-0.2, 0) is 23.1 Å². The van der Waals surface area contributed by atoms with E-state index in [1.165, 1.54) is 4.31 Å². The highest BCUT2D eigenvalue weighted by atomic mass is 79.9. The van der Waals surface area contributed by atoms with E-state index in [9.17, 15) is 8.42 Å². The molecule has 0 aliphatic rings. The molecule has 0 heterocycles. The molecule has 2 aromatic rings. The maximum Gasteiger partial charge on any atom is 0.243 e. The second kappa shape index (κ2) is 6.70. The molecule has 4 nitrogen and oxygen atoms in total. The number of halogens is 1. The van der Waals surface area contributed by atoms with Crippen molar-refractivity contribution in [3.63, 3.8) is 0 Å². The van der Waals surface area contributed by atoms with Crippen LogP contribution >= 0.6 is 15.9 Å². The minimum Gasteiger partial charge on any atom is -0.326 e. The molecule has 0 unspecified atom stereocenters. The Labute approximate surface area is 133 Å². The minimum absolute atomic E-state index is 0.267. The second-order valence-corrected chi connectivity index (χ2v) is 7.70. The lowest BCUT2D eigenvalue weighted by atomic mass is 10.2. The van der Waals surface area contributed by atoms with Crippen LogP contribution in [0.4, 0.5) is 0 Å². The van der Waals surface area contributed by atoms with E-state index in [1.807, 2.05) is 30.3 Å². The van der Waals surface area contributed by atoms with E-state index < -0.39 is 10.0 Å². The fourth-order valence-corrected chi connectivity index (χ4v) is 3.67. The van der Waals surface area contributed by atoms with Crippen LogP contribution in [0.3, 0.4) is 0 Å². The van der Waals surface area contributed by atoms with E-state index >= 15 is 0 Å². The Kier molecular flexibility index (Phi) is 5.16. The topological polar surface area (TPSA) is 63.4 Å². The van der Waals surface area contributed by atoms with Crippen molar-refractivity contribution < 1.29 is 8.42 Å². The van der Waals surface area contributed by atoms with Crippen molar-refractivity contribution >= 4 is 26.0 Å². The summed E-state index contributed by atoms with van der Waals surface area (Å²) in [5.74, 6) is 0. The summed E-state index contributed by atoms with van der Waals surface area (Å²) < 4.78 is 27.4. The molecule has 0 saturated heterocycles. The Morgan fingerprint density at radius 1 is 1.10 bits per heavy atom. The normalized spacial score (nSPS) is 11.8. The Hall–Kier alpha value is -1.21. The fourth-order valence-electron chi connectivity index (χ4n) is 1.99. The molecule has 112 valence electrons. The number of hydrogen-bond donors (Lipinski definition) is 1. The van der Waals surface area contributed by atoms with Crippen LogP contribution in [0.1, 0.15) is 11.1 Å². The summed E-state index contributed by atoms with van der Waals surface area (Å²) in [6, 6.07) is 14.3. The van der Waals surface area contributed by atoms with E-state index in [4.69, 9.17) is 5.73 Å². The van der Waals surface area contributed by atoms with Gasteiger partial charge < -0.3 is 5.73 Å². The largest absolute Gasteiger partial charge is 0.326 e. The zero-order valence-electron chi connectivity index (χ0n) is 11.7. The van der Waals surface area contributed by atoms with Gasteiger partial charge in [0.15, 0.2) is 0 Å². The number of benzene rings is 2. The molecule has 0 atom stereocenters. The molecule has 0 radical (unpaired) electrons. The van der Waals surface area contributed by atoms with Crippen molar-refractivity contribution in [3.05, 3.63) is 64.1 Å².